The highest BCUT2D eigenvalue weighted by Crippen LogP contribution is 2.27. The molecule has 0 aromatic carbocycles. The molecule has 2 unspecified atom stereocenters. The molecule has 1 fully saturated rings. The molecule has 1 saturated heterocycles. The Morgan fingerprint density at radius 3 is 1.80 bits per heavy atom. The lowest BCUT2D eigenvalue weighted by Crippen LogP contribution is -2.60. The van der Waals surface area contributed by atoms with Crippen molar-refractivity contribution in [3.05, 3.63) is 12.2 Å². The van der Waals surface area contributed by atoms with Crippen LogP contribution in [-0.2, 0) is 19.0 Å². The third-order valence-corrected chi connectivity index (χ3v) is 11.1. The van der Waals surface area contributed by atoms with E-state index in [2.05, 4.69) is 19.2 Å². The second kappa shape index (κ2) is 30.9. The molecule has 0 radical (unpaired) electrons. The number of unbranched alkanes of at least 4 members (excludes halogenated alkanes) is 17. The lowest BCUT2D eigenvalue weighted by Gasteiger charge is -2.40. The SMILES string of the molecule is CCCCCCCCCCCCCC[C@@H](O)C(=O)N[C@@H](CO[C@@H]1O[C@H](CO)[C@@H](O)[C@H](O)[C@H]1O)[C@H](O)/C=C/CCC(O)C(C)(CCCCCCCCC)OC. The predicted octanol–water partition coefficient (Wildman–Crippen LogP) is 5.34. The highest BCUT2D eigenvalue weighted by molar-refractivity contribution is 5.80. The van der Waals surface area contributed by atoms with Crippen molar-refractivity contribution in [2.45, 2.75) is 229 Å². The number of allylic oxidation sites excluding steroid dienone is 1. The first kappa shape index (κ1) is 50.8. The van der Waals surface area contributed by atoms with Gasteiger partial charge in [-0.25, -0.2) is 0 Å². The average Bonchev–Trinajstić information content (AvgIpc) is 3.17. The maximum Gasteiger partial charge on any atom is 0.249 e. The Morgan fingerprint density at radius 2 is 1.28 bits per heavy atom. The number of nitrogens with one attached hydrogen (secondary N) is 1. The Bertz CT molecular complexity index is 940. The zero-order valence-electron chi connectivity index (χ0n) is 34.3. The van der Waals surface area contributed by atoms with E-state index in [1.807, 2.05) is 6.92 Å². The van der Waals surface area contributed by atoms with Crippen molar-refractivity contribution in [2.75, 3.05) is 20.3 Å². The van der Waals surface area contributed by atoms with Crippen molar-refractivity contribution in [1.82, 2.24) is 5.32 Å². The van der Waals surface area contributed by atoms with Crippen molar-refractivity contribution >= 4 is 5.91 Å². The summed E-state index contributed by atoms with van der Waals surface area (Å²) in [6, 6.07) is -1.08. The second-order valence-electron chi connectivity index (χ2n) is 15.7. The first-order valence-electron chi connectivity index (χ1n) is 21.4. The van der Waals surface area contributed by atoms with Crippen LogP contribution in [-0.4, -0.2) is 123 Å². The molecule has 1 rings (SSSR count). The van der Waals surface area contributed by atoms with Crippen molar-refractivity contribution in [1.29, 1.82) is 0 Å². The number of hydrogen-bond acceptors (Lipinski definition) is 11. The molecule has 54 heavy (non-hydrogen) atoms. The minimum absolute atomic E-state index is 0.268. The number of amides is 1. The van der Waals surface area contributed by atoms with E-state index in [0.29, 0.717) is 19.3 Å². The Morgan fingerprint density at radius 1 is 0.759 bits per heavy atom. The van der Waals surface area contributed by atoms with E-state index in [1.165, 1.54) is 89.5 Å². The topological polar surface area (TPSA) is 198 Å². The first-order chi connectivity index (χ1) is 25.9. The largest absolute Gasteiger partial charge is 0.394 e. The molecule has 12 nitrogen and oxygen atoms in total. The van der Waals surface area contributed by atoms with E-state index in [9.17, 15) is 40.5 Å². The number of rotatable bonds is 34. The Labute approximate surface area is 327 Å². The summed E-state index contributed by atoms with van der Waals surface area (Å²) in [5.41, 5.74) is -0.699. The van der Waals surface area contributed by atoms with Crippen molar-refractivity contribution < 1.29 is 54.8 Å². The third-order valence-electron chi connectivity index (χ3n) is 11.1. The molecule has 12 heteroatoms. The van der Waals surface area contributed by atoms with Gasteiger partial charge in [0.1, 0.15) is 30.5 Å². The maximum absolute atomic E-state index is 13.1. The zero-order chi connectivity index (χ0) is 40.2. The average molecular weight is 776 g/mol. The zero-order valence-corrected chi connectivity index (χ0v) is 34.3. The fraction of sp³-hybridized carbons (Fsp3) is 0.929. The molecule has 1 heterocycles. The normalized spacial score (nSPS) is 23.9. The number of methoxy groups -OCH3 is 1. The summed E-state index contributed by atoms with van der Waals surface area (Å²) in [5, 5.41) is 75.7. The smallest absolute Gasteiger partial charge is 0.249 e. The molecule has 0 spiro atoms. The summed E-state index contributed by atoms with van der Waals surface area (Å²) in [5.74, 6) is -0.676. The van der Waals surface area contributed by atoms with Crippen LogP contribution >= 0.6 is 0 Å². The lowest BCUT2D eigenvalue weighted by molar-refractivity contribution is -0.302. The van der Waals surface area contributed by atoms with Crippen LogP contribution in [0.2, 0.25) is 0 Å². The van der Waals surface area contributed by atoms with Crippen molar-refractivity contribution in [2.24, 2.45) is 0 Å². The van der Waals surface area contributed by atoms with E-state index in [1.54, 1.807) is 13.2 Å². The summed E-state index contributed by atoms with van der Waals surface area (Å²) < 4.78 is 16.8. The minimum atomic E-state index is -1.65. The molecular weight excluding hydrogens is 694 g/mol. The predicted molar refractivity (Wildman–Crippen MR) is 212 cm³/mol. The van der Waals surface area contributed by atoms with Gasteiger partial charge >= 0.3 is 0 Å². The summed E-state index contributed by atoms with van der Waals surface area (Å²) in [6.45, 7) is 5.33. The fourth-order valence-electron chi connectivity index (χ4n) is 6.98. The molecule has 0 bridgehead atoms. The molecule has 0 saturated carbocycles. The van der Waals surface area contributed by atoms with Crippen LogP contribution in [0.3, 0.4) is 0 Å². The van der Waals surface area contributed by atoms with E-state index >= 15 is 0 Å². The third kappa shape index (κ3) is 20.8. The van der Waals surface area contributed by atoms with Gasteiger partial charge in [-0.05, 0) is 32.6 Å². The Hall–Kier alpha value is -1.19. The van der Waals surface area contributed by atoms with Gasteiger partial charge in [0, 0.05) is 7.11 Å². The fourth-order valence-corrected chi connectivity index (χ4v) is 6.98. The lowest BCUT2D eigenvalue weighted by atomic mass is 9.89. The van der Waals surface area contributed by atoms with Gasteiger partial charge < -0.3 is 55.3 Å². The van der Waals surface area contributed by atoms with Crippen molar-refractivity contribution in [3.8, 4) is 0 Å². The van der Waals surface area contributed by atoms with Crippen LogP contribution in [0.15, 0.2) is 12.2 Å². The van der Waals surface area contributed by atoms with Crippen LogP contribution in [0.5, 0.6) is 0 Å². The molecule has 1 amide bonds. The monoisotopic (exact) mass is 776 g/mol. The molecule has 10 atom stereocenters. The summed E-state index contributed by atoms with van der Waals surface area (Å²) >= 11 is 0. The summed E-state index contributed by atoms with van der Waals surface area (Å²) in [4.78, 5) is 13.1. The van der Waals surface area contributed by atoms with E-state index in [-0.39, 0.29) is 13.0 Å². The quantitative estimate of drug-likeness (QED) is 0.0310. The molecule has 320 valence electrons. The van der Waals surface area contributed by atoms with Crippen LogP contribution in [0.1, 0.15) is 168 Å². The maximum atomic E-state index is 13.1. The summed E-state index contributed by atoms with van der Waals surface area (Å²) in [7, 11) is 1.61. The molecule has 0 aromatic rings. The highest BCUT2D eigenvalue weighted by Gasteiger charge is 2.44. The van der Waals surface area contributed by atoms with Gasteiger partial charge in [0.05, 0.1) is 37.1 Å². The molecule has 1 aliphatic rings. The second-order valence-corrected chi connectivity index (χ2v) is 15.7. The van der Waals surface area contributed by atoms with Gasteiger partial charge in [0.15, 0.2) is 6.29 Å². The Balaban J connectivity index is 2.69. The minimum Gasteiger partial charge on any atom is -0.394 e. The molecule has 0 aliphatic carbocycles. The van der Waals surface area contributed by atoms with E-state index in [0.717, 1.165) is 38.5 Å². The van der Waals surface area contributed by atoms with Gasteiger partial charge in [-0.2, -0.15) is 0 Å². The molecule has 1 aliphatic heterocycles. The number of aliphatic hydroxyl groups excluding tert-OH is 7. The van der Waals surface area contributed by atoms with E-state index < -0.39 is 73.2 Å². The highest BCUT2D eigenvalue weighted by atomic mass is 16.7. The van der Waals surface area contributed by atoms with Crippen LogP contribution < -0.4 is 5.32 Å². The first-order valence-corrected chi connectivity index (χ1v) is 21.4. The van der Waals surface area contributed by atoms with Gasteiger partial charge in [-0.1, -0.05) is 148 Å². The van der Waals surface area contributed by atoms with Crippen LogP contribution in [0, 0.1) is 0 Å². The molecule has 8 N–H and O–H groups in total. The molecular formula is C42H81NO11. The standard InChI is InChI=1S/C42H81NO11/c1-5-7-9-11-13-14-15-16-17-18-20-22-27-34(46)40(51)43-32(31-53-41-39(50)38(49)37(48)35(30-44)54-41)33(45)26-23-24-28-36(47)42(3,52-4)29-25-21-19-12-10-8-6-2/h23,26,32-39,41,44-50H,5-22,24-25,27-31H2,1-4H3,(H,43,51)/b26-23+/t32-,33+,34+,35+,36?,37+,38-,39+,41+,42?/m0/s1. The number of ether oxygens (including phenoxy) is 3. The van der Waals surface area contributed by atoms with Crippen molar-refractivity contribution in [3.63, 3.8) is 0 Å². The number of carbonyl (C=O) groups is 1. The molecule has 0 aromatic heterocycles. The van der Waals surface area contributed by atoms with Crippen LogP contribution in [0.4, 0.5) is 0 Å². The Kier molecular flexibility index (Phi) is 29.1. The summed E-state index contributed by atoms with van der Waals surface area (Å²) in [6.07, 6.45) is 16.4. The number of hydrogen-bond donors (Lipinski definition) is 8. The van der Waals surface area contributed by atoms with Gasteiger partial charge in [-0.3, -0.25) is 4.79 Å². The van der Waals surface area contributed by atoms with Crippen LogP contribution in [0.25, 0.3) is 0 Å². The van der Waals surface area contributed by atoms with Gasteiger partial charge in [0.2, 0.25) is 5.91 Å². The van der Waals surface area contributed by atoms with Gasteiger partial charge in [-0.15, -0.1) is 0 Å². The number of aliphatic hydroxyl groups is 7. The van der Waals surface area contributed by atoms with E-state index in [4.69, 9.17) is 14.2 Å². The number of carbonyl (C=O) groups excluding carboxylic acids is 1. The van der Waals surface area contributed by atoms with Gasteiger partial charge in [0.25, 0.3) is 0 Å².